The highest BCUT2D eigenvalue weighted by molar-refractivity contribution is 6.29. The molecule has 0 aliphatic heterocycles. The summed E-state index contributed by atoms with van der Waals surface area (Å²) in [5.41, 5.74) is 0.803. The third-order valence-corrected chi connectivity index (χ3v) is 1.67. The van der Waals surface area contributed by atoms with Crippen molar-refractivity contribution < 1.29 is 0 Å². The molecule has 0 saturated heterocycles. The first-order valence-electron chi connectivity index (χ1n) is 3.62. The van der Waals surface area contributed by atoms with Gasteiger partial charge in [-0.15, -0.1) is 0 Å². The summed E-state index contributed by atoms with van der Waals surface area (Å²) in [6.07, 6.45) is 4.77. The third kappa shape index (κ3) is 1.78. The molecular weight excluding hydrogens is 188 g/mol. The van der Waals surface area contributed by atoms with Crippen molar-refractivity contribution in [3.8, 4) is 11.4 Å². The lowest BCUT2D eigenvalue weighted by Crippen LogP contribution is -1.89. The molecule has 0 bridgehead atoms. The largest absolute Gasteiger partial charge is 0.236 e. The fourth-order valence-electron chi connectivity index (χ4n) is 0.899. The Morgan fingerprint density at radius 3 is 2.69 bits per heavy atom. The van der Waals surface area contributed by atoms with Crippen LogP contribution in [0.4, 0.5) is 0 Å². The summed E-state index contributed by atoms with van der Waals surface area (Å²) in [7, 11) is 0. The Balaban J connectivity index is 2.48. The van der Waals surface area contributed by atoms with E-state index in [1.807, 2.05) is 0 Å². The molecule has 0 radical (unpaired) electrons. The van der Waals surface area contributed by atoms with Crippen molar-refractivity contribution in [3.63, 3.8) is 0 Å². The van der Waals surface area contributed by atoms with Crippen molar-refractivity contribution >= 4 is 11.6 Å². The summed E-state index contributed by atoms with van der Waals surface area (Å²) in [4.78, 5) is 8.08. The average Bonchev–Trinajstić information content (AvgIpc) is 2.19. The predicted molar refractivity (Wildman–Crippen MR) is 48.1 cm³/mol. The normalized spacial score (nSPS) is 9.92. The zero-order chi connectivity index (χ0) is 9.10. The molecule has 0 amide bonds. The van der Waals surface area contributed by atoms with E-state index in [0.29, 0.717) is 11.0 Å². The highest BCUT2D eigenvalue weighted by Crippen LogP contribution is 2.13. The van der Waals surface area contributed by atoms with Crippen LogP contribution >= 0.6 is 11.6 Å². The van der Waals surface area contributed by atoms with Crippen LogP contribution in [0.25, 0.3) is 11.4 Å². The summed E-state index contributed by atoms with van der Waals surface area (Å²) in [6.45, 7) is 0. The molecule has 2 aromatic heterocycles. The lowest BCUT2D eigenvalue weighted by molar-refractivity contribution is 1.02. The van der Waals surface area contributed by atoms with E-state index in [0.717, 1.165) is 5.56 Å². The van der Waals surface area contributed by atoms with Gasteiger partial charge >= 0.3 is 0 Å². The van der Waals surface area contributed by atoms with Gasteiger partial charge in [0, 0.05) is 11.8 Å². The van der Waals surface area contributed by atoms with Crippen LogP contribution in [0.3, 0.4) is 0 Å². The van der Waals surface area contributed by atoms with E-state index in [1.165, 1.54) is 0 Å². The molecule has 5 heteroatoms. The SMILES string of the molecule is Clc1ccnc(-c2ccnnc2)n1. The lowest BCUT2D eigenvalue weighted by atomic mass is 10.3. The maximum atomic E-state index is 5.71. The predicted octanol–water partition coefficient (Wildman–Crippen LogP) is 1.59. The molecular formula is C8H5ClN4. The van der Waals surface area contributed by atoms with Crippen LogP contribution < -0.4 is 0 Å². The number of halogens is 1. The zero-order valence-electron chi connectivity index (χ0n) is 6.55. The fourth-order valence-corrected chi connectivity index (χ4v) is 1.04. The molecule has 0 aliphatic carbocycles. The van der Waals surface area contributed by atoms with Crippen LogP contribution in [0.1, 0.15) is 0 Å². The van der Waals surface area contributed by atoms with Gasteiger partial charge in [-0.05, 0) is 12.1 Å². The number of hydrogen-bond acceptors (Lipinski definition) is 4. The van der Waals surface area contributed by atoms with E-state index in [2.05, 4.69) is 20.2 Å². The molecule has 4 nitrogen and oxygen atoms in total. The Labute approximate surface area is 79.6 Å². The van der Waals surface area contributed by atoms with Gasteiger partial charge in [-0.2, -0.15) is 10.2 Å². The van der Waals surface area contributed by atoms with Gasteiger partial charge in [-0.25, -0.2) is 9.97 Å². The number of aromatic nitrogens is 4. The second kappa shape index (κ2) is 3.45. The van der Waals surface area contributed by atoms with E-state index < -0.39 is 0 Å². The van der Waals surface area contributed by atoms with Crippen molar-refractivity contribution in [1.29, 1.82) is 0 Å². The Bertz CT molecular complexity index is 404. The zero-order valence-corrected chi connectivity index (χ0v) is 7.31. The highest BCUT2D eigenvalue weighted by Gasteiger charge is 2.00. The number of nitrogens with zero attached hydrogens (tertiary/aromatic N) is 4. The molecule has 0 aromatic carbocycles. The molecule has 0 fully saturated rings. The standard InChI is InChI=1S/C8H5ClN4/c9-7-2-3-10-8(13-7)6-1-4-11-12-5-6/h1-5H. The molecule has 0 N–H and O–H groups in total. The molecule has 0 unspecified atom stereocenters. The van der Waals surface area contributed by atoms with Crippen LogP contribution in [0.15, 0.2) is 30.7 Å². The van der Waals surface area contributed by atoms with E-state index in [4.69, 9.17) is 11.6 Å². The Hall–Kier alpha value is -1.55. The average molecular weight is 193 g/mol. The van der Waals surface area contributed by atoms with Crippen LogP contribution in [0.2, 0.25) is 5.15 Å². The number of hydrogen-bond donors (Lipinski definition) is 0. The lowest BCUT2D eigenvalue weighted by Gasteiger charge is -1.97. The molecule has 2 heterocycles. The van der Waals surface area contributed by atoms with E-state index in [9.17, 15) is 0 Å². The minimum atomic E-state index is 0.418. The fraction of sp³-hybridized carbons (Fsp3) is 0. The van der Waals surface area contributed by atoms with E-state index in [1.54, 1.807) is 30.7 Å². The van der Waals surface area contributed by atoms with Crippen LogP contribution in [0, 0.1) is 0 Å². The molecule has 13 heavy (non-hydrogen) atoms. The van der Waals surface area contributed by atoms with Gasteiger partial charge in [-0.1, -0.05) is 11.6 Å². The van der Waals surface area contributed by atoms with E-state index in [-0.39, 0.29) is 0 Å². The van der Waals surface area contributed by atoms with Gasteiger partial charge in [0.2, 0.25) is 0 Å². The smallest absolute Gasteiger partial charge is 0.162 e. The quantitative estimate of drug-likeness (QED) is 0.644. The second-order valence-electron chi connectivity index (χ2n) is 2.33. The minimum absolute atomic E-state index is 0.418. The van der Waals surface area contributed by atoms with Gasteiger partial charge in [0.05, 0.1) is 12.4 Å². The summed E-state index contributed by atoms with van der Waals surface area (Å²) in [6, 6.07) is 3.40. The summed E-state index contributed by atoms with van der Waals surface area (Å²) in [5.74, 6) is 0.558. The Morgan fingerprint density at radius 1 is 1.08 bits per heavy atom. The maximum Gasteiger partial charge on any atom is 0.162 e. The third-order valence-electron chi connectivity index (χ3n) is 1.46. The van der Waals surface area contributed by atoms with Gasteiger partial charge in [-0.3, -0.25) is 0 Å². The topological polar surface area (TPSA) is 51.6 Å². The molecule has 0 spiro atoms. The summed E-state index contributed by atoms with van der Waals surface area (Å²) >= 11 is 5.71. The molecule has 2 rings (SSSR count). The van der Waals surface area contributed by atoms with Gasteiger partial charge in [0.1, 0.15) is 5.15 Å². The molecule has 0 atom stereocenters. The second-order valence-corrected chi connectivity index (χ2v) is 2.72. The Kier molecular flexibility index (Phi) is 2.14. The maximum absolute atomic E-state index is 5.71. The van der Waals surface area contributed by atoms with Crippen molar-refractivity contribution in [1.82, 2.24) is 20.2 Å². The molecule has 0 aliphatic rings. The van der Waals surface area contributed by atoms with Gasteiger partial charge in [0.15, 0.2) is 5.82 Å². The van der Waals surface area contributed by atoms with Crippen LogP contribution in [-0.4, -0.2) is 20.2 Å². The van der Waals surface area contributed by atoms with Crippen molar-refractivity contribution in [2.45, 2.75) is 0 Å². The monoisotopic (exact) mass is 192 g/mol. The van der Waals surface area contributed by atoms with Gasteiger partial charge < -0.3 is 0 Å². The molecule has 0 saturated carbocycles. The molecule has 64 valence electrons. The molecule has 2 aromatic rings. The summed E-state index contributed by atoms with van der Waals surface area (Å²) in [5, 5.41) is 7.79. The van der Waals surface area contributed by atoms with Crippen molar-refractivity contribution in [2.75, 3.05) is 0 Å². The van der Waals surface area contributed by atoms with Crippen LogP contribution in [-0.2, 0) is 0 Å². The van der Waals surface area contributed by atoms with Crippen molar-refractivity contribution in [2.24, 2.45) is 0 Å². The minimum Gasteiger partial charge on any atom is -0.236 e. The van der Waals surface area contributed by atoms with Crippen molar-refractivity contribution in [3.05, 3.63) is 35.9 Å². The van der Waals surface area contributed by atoms with Crippen LogP contribution in [0.5, 0.6) is 0 Å². The van der Waals surface area contributed by atoms with E-state index >= 15 is 0 Å². The highest BCUT2D eigenvalue weighted by atomic mass is 35.5. The first-order valence-corrected chi connectivity index (χ1v) is 4.00. The number of rotatable bonds is 1. The first kappa shape index (κ1) is 8.07. The van der Waals surface area contributed by atoms with Gasteiger partial charge in [0.25, 0.3) is 0 Å². The summed E-state index contributed by atoms with van der Waals surface area (Å²) < 4.78 is 0. The first-order chi connectivity index (χ1) is 6.36. The Morgan fingerprint density at radius 2 is 2.00 bits per heavy atom.